The molecule has 118 valence electrons. The number of likely N-dealkylation sites (tertiary alicyclic amines) is 1. The van der Waals surface area contributed by atoms with Crippen molar-refractivity contribution in [1.82, 2.24) is 10.2 Å². The van der Waals surface area contributed by atoms with E-state index in [-0.39, 0.29) is 29.0 Å². The van der Waals surface area contributed by atoms with Gasteiger partial charge in [0, 0.05) is 19.5 Å². The molecule has 0 spiro atoms. The first-order valence-electron chi connectivity index (χ1n) is 7.31. The Morgan fingerprint density at radius 1 is 1.33 bits per heavy atom. The minimum absolute atomic E-state index is 0.0496. The zero-order valence-corrected chi connectivity index (χ0v) is 13.2. The minimum Gasteiger partial charge on any atom is -0.491 e. The van der Waals surface area contributed by atoms with Crippen LogP contribution in [0.3, 0.4) is 0 Å². The molecule has 2 heterocycles. The molecule has 0 saturated carbocycles. The summed E-state index contributed by atoms with van der Waals surface area (Å²) in [6.07, 6.45) is 0.342. The van der Waals surface area contributed by atoms with Crippen molar-refractivity contribution in [2.75, 3.05) is 26.3 Å². The van der Waals surface area contributed by atoms with E-state index < -0.39 is 0 Å². The van der Waals surface area contributed by atoms with Gasteiger partial charge in [-0.25, -0.2) is 0 Å². The fourth-order valence-corrected chi connectivity index (χ4v) is 2.58. The van der Waals surface area contributed by atoms with Crippen LogP contribution in [0.2, 0.25) is 0 Å². The molecule has 0 unspecified atom stereocenters. The molecule has 0 aliphatic carbocycles. The van der Waals surface area contributed by atoms with Crippen LogP contribution in [-0.2, 0) is 19.1 Å². The molecule has 21 heavy (non-hydrogen) atoms. The van der Waals surface area contributed by atoms with Crippen molar-refractivity contribution in [3.63, 3.8) is 0 Å². The van der Waals surface area contributed by atoms with Gasteiger partial charge in [-0.15, -0.1) is 0 Å². The average molecular weight is 296 g/mol. The summed E-state index contributed by atoms with van der Waals surface area (Å²) in [6.45, 7) is 10.1. The molecule has 1 saturated heterocycles. The van der Waals surface area contributed by atoms with E-state index in [1.807, 2.05) is 4.90 Å². The van der Waals surface area contributed by atoms with E-state index in [9.17, 15) is 9.59 Å². The zero-order valence-electron chi connectivity index (χ0n) is 13.2. The zero-order chi connectivity index (χ0) is 15.6. The highest BCUT2D eigenvalue weighted by molar-refractivity contribution is 5.93. The van der Waals surface area contributed by atoms with Gasteiger partial charge in [-0.1, -0.05) is 20.8 Å². The fourth-order valence-electron chi connectivity index (χ4n) is 2.58. The summed E-state index contributed by atoms with van der Waals surface area (Å²) in [5, 5.41) is 2.86. The van der Waals surface area contributed by atoms with Gasteiger partial charge in [0.05, 0.1) is 6.04 Å². The van der Waals surface area contributed by atoms with Crippen LogP contribution in [0.25, 0.3) is 0 Å². The lowest BCUT2D eigenvalue weighted by Gasteiger charge is -2.26. The molecule has 1 N–H and O–H groups in total. The molecule has 2 amide bonds. The average Bonchev–Trinajstić information content (AvgIpc) is 2.67. The molecule has 2 aliphatic rings. The Morgan fingerprint density at radius 3 is 2.62 bits per heavy atom. The van der Waals surface area contributed by atoms with Crippen LogP contribution in [0.4, 0.5) is 0 Å². The lowest BCUT2D eigenvalue weighted by molar-refractivity contribution is -0.128. The second-order valence-corrected chi connectivity index (χ2v) is 6.79. The predicted molar refractivity (Wildman–Crippen MR) is 77.2 cm³/mol. The summed E-state index contributed by atoms with van der Waals surface area (Å²) in [6, 6.07) is -0.168. The number of nitrogens with one attached hydrogen (secondary N) is 1. The molecule has 1 fully saturated rings. The third-order valence-electron chi connectivity index (χ3n) is 3.39. The normalized spacial score (nSPS) is 23.0. The maximum absolute atomic E-state index is 12.2. The van der Waals surface area contributed by atoms with Crippen molar-refractivity contribution in [3.05, 3.63) is 11.5 Å². The molecule has 0 aromatic heterocycles. The molecule has 2 aliphatic heterocycles. The number of allylic oxidation sites excluding steroid dienone is 1. The Kier molecular flexibility index (Phi) is 4.44. The first kappa shape index (κ1) is 15.7. The maximum Gasteiger partial charge on any atom is 0.290 e. The summed E-state index contributed by atoms with van der Waals surface area (Å²) in [5.74, 6) is 0.502. The molecular weight excluding hydrogens is 272 g/mol. The standard InChI is InChI=1S/C15H24N2O4/c1-10-13(21-6-5-20-10)14(19)16-11-7-12(18)17(8-11)9-15(2,3)4/h11H,5-9H2,1-4H3,(H,16,19)/t11-/m1/s1. The molecule has 0 radical (unpaired) electrons. The van der Waals surface area contributed by atoms with Crippen LogP contribution >= 0.6 is 0 Å². The van der Waals surface area contributed by atoms with E-state index in [1.54, 1.807) is 6.92 Å². The second-order valence-electron chi connectivity index (χ2n) is 6.79. The number of carbonyl (C=O) groups excluding carboxylic acids is 2. The van der Waals surface area contributed by atoms with Crippen LogP contribution in [0.1, 0.15) is 34.1 Å². The van der Waals surface area contributed by atoms with Gasteiger partial charge in [-0.2, -0.15) is 0 Å². The van der Waals surface area contributed by atoms with Crippen LogP contribution in [-0.4, -0.2) is 49.1 Å². The van der Waals surface area contributed by atoms with Crippen molar-refractivity contribution in [2.24, 2.45) is 5.41 Å². The number of hydrogen-bond donors (Lipinski definition) is 1. The highest BCUT2D eigenvalue weighted by Gasteiger charge is 2.34. The van der Waals surface area contributed by atoms with Crippen molar-refractivity contribution >= 4 is 11.8 Å². The number of rotatable bonds is 3. The maximum atomic E-state index is 12.2. The number of carbonyl (C=O) groups is 2. The van der Waals surface area contributed by atoms with E-state index in [0.717, 1.165) is 0 Å². The van der Waals surface area contributed by atoms with Gasteiger partial charge in [0.1, 0.15) is 19.0 Å². The highest BCUT2D eigenvalue weighted by Crippen LogP contribution is 2.21. The predicted octanol–water partition coefficient (Wildman–Crippen LogP) is 1.03. The lowest BCUT2D eigenvalue weighted by Crippen LogP contribution is -2.40. The summed E-state index contributed by atoms with van der Waals surface area (Å²) >= 11 is 0. The number of hydrogen-bond acceptors (Lipinski definition) is 4. The second kappa shape index (κ2) is 5.95. The summed E-state index contributed by atoms with van der Waals surface area (Å²) < 4.78 is 10.6. The Balaban J connectivity index is 1.93. The van der Waals surface area contributed by atoms with E-state index in [2.05, 4.69) is 26.1 Å². The van der Waals surface area contributed by atoms with Crippen LogP contribution in [0.15, 0.2) is 11.5 Å². The van der Waals surface area contributed by atoms with Crippen molar-refractivity contribution in [3.8, 4) is 0 Å². The topological polar surface area (TPSA) is 67.9 Å². The van der Waals surface area contributed by atoms with Gasteiger partial charge >= 0.3 is 0 Å². The van der Waals surface area contributed by atoms with Gasteiger partial charge < -0.3 is 19.7 Å². The smallest absolute Gasteiger partial charge is 0.290 e. The molecule has 6 nitrogen and oxygen atoms in total. The monoisotopic (exact) mass is 296 g/mol. The number of nitrogens with zero attached hydrogens (tertiary/aromatic N) is 1. The van der Waals surface area contributed by atoms with Crippen LogP contribution in [0, 0.1) is 5.41 Å². The van der Waals surface area contributed by atoms with Gasteiger partial charge in [0.15, 0.2) is 0 Å². The third kappa shape index (κ3) is 4.12. The minimum atomic E-state index is -0.303. The van der Waals surface area contributed by atoms with Gasteiger partial charge in [0.25, 0.3) is 5.91 Å². The van der Waals surface area contributed by atoms with Gasteiger partial charge in [-0.05, 0) is 12.3 Å². The molecular formula is C15H24N2O4. The molecule has 0 aromatic rings. The van der Waals surface area contributed by atoms with Crippen molar-refractivity contribution in [1.29, 1.82) is 0 Å². The Labute approximate surface area is 125 Å². The first-order chi connectivity index (χ1) is 9.76. The fraction of sp³-hybridized carbons (Fsp3) is 0.733. The SMILES string of the molecule is CC1=C(C(=O)N[C@@H]2CC(=O)N(CC(C)(C)C)C2)OCCO1. The number of ether oxygens (including phenoxy) is 2. The van der Waals surface area contributed by atoms with Gasteiger partial charge in [-0.3, -0.25) is 9.59 Å². The van der Waals surface area contributed by atoms with E-state index in [4.69, 9.17) is 9.47 Å². The van der Waals surface area contributed by atoms with Gasteiger partial charge in [0.2, 0.25) is 11.7 Å². The lowest BCUT2D eigenvalue weighted by atomic mass is 9.96. The molecule has 0 bridgehead atoms. The highest BCUT2D eigenvalue weighted by atomic mass is 16.6. The van der Waals surface area contributed by atoms with E-state index >= 15 is 0 Å². The van der Waals surface area contributed by atoms with Crippen molar-refractivity contribution < 1.29 is 19.1 Å². The van der Waals surface area contributed by atoms with Crippen LogP contribution < -0.4 is 5.32 Å². The van der Waals surface area contributed by atoms with E-state index in [0.29, 0.717) is 38.5 Å². The summed E-state index contributed by atoms with van der Waals surface area (Å²) in [5.41, 5.74) is 0.0496. The number of amides is 2. The summed E-state index contributed by atoms with van der Waals surface area (Å²) in [4.78, 5) is 26.0. The first-order valence-corrected chi connectivity index (χ1v) is 7.31. The quantitative estimate of drug-likeness (QED) is 0.844. The molecule has 2 rings (SSSR count). The van der Waals surface area contributed by atoms with Crippen molar-refractivity contribution in [2.45, 2.75) is 40.2 Å². The van der Waals surface area contributed by atoms with Crippen LogP contribution in [0.5, 0.6) is 0 Å². The van der Waals surface area contributed by atoms with E-state index in [1.165, 1.54) is 0 Å². The molecule has 1 atom stereocenters. The Hall–Kier alpha value is -1.72. The Morgan fingerprint density at radius 2 is 2.00 bits per heavy atom. The Bertz CT molecular complexity index is 465. The largest absolute Gasteiger partial charge is 0.491 e. The molecule has 0 aromatic carbocycles. The summed E-state index contributed by atoms with van der Waals surface area (Å²) in [7, 11) is 0. The molecule has 6 heteroatoms. The third-order valence-corrected chi connectivity index (χ3v) is 3.39.